The largest absolute Gasteiger partial charge is 0.416 e. The van der Waals surface area contributed by atoms with Crippen molar-refractivity contribution < 1.29 is 13.2 Å². The normalized spacial score (nSPS) is 15.9. The van der Waals surface area contributed by atoms with Crippen LogP contribution in [0.3, 0.4) is 0 Å². The molecule has 2 rings (SSSR count). The first-order chi connectivity index (χ1) is 8.29. The van der Waals surface area contributed by atoms with Crippen molar-refractivity contribution >= 4 is 21.6 Å². The number of hydrogen-bond acceptors (Lipinski definition) is 3. The Labute approximate surface area is 107 Å². The van der Waals surface area contributed by atoms with Gasteiger partial charge in [-0.2, -0.15) is 13.2 Å². The summed E-state index contributed by atoms with van der Waals surface area (Å²) in [4.78, 5) is 4.25. The average molecular weight is 274 g/mol. The van der Waals surface area contributed by atoms with Crippen LogP contribution >= 0.6 is 11.3 Å². The van der Waals surface area contributed by atoms with Crippen LogP contribution in [0.2, 0.25) is 0 Å². The van der Waals surface area contributed by atoms with E-state index in [1.54, 1.807) is 0 Å². The summed E-state index contributed by atoms with van der Waals surface area (Å²) in [5.74, 6) is 0.0386. The van der Waals surface area contributed by atoms with Gasteiger partial charge in [-0.25, -0.2) is 4.98 Å². The molecule has 2 atom stereocenters. The summed E-state index contributed by atoms with van der Waals surface area (Å²) in [6.45, 7) is 3.78. The first-order valence-corrected chi connectivity index (χ1v) is 6.34. The standard InChI is InChI=1S/C12H13F3N2S/c1-6(7(2)16)11-17-9-5-8(12(13,14)15)3-4-10(9)18-11/h3-7H,16H2,1-2H3. The number of halogens is 3. The van der Waals surface area contributed by atoms with E-state index in [-0.39, 0.29) is 12.0 Å². The summed E-state index contributed by atoms with van der Waals surface area (Å²) in [7, 11) is 0. The van der Waals surface area contributed by atoms with Crippen molar-refractivity contribution in [2.45, 2.75) is 32.0 Å². The molecule has 0 saturated heterocycles. The molecular formula is C12H13F3N2S. The van der Waals surface area contributed by atoms with Crippen molar-refractivity contribution in [3.05, 3.63) is 28.8 Å². The predicted octanol–water partition coefficient (Wildman–Crippen LogP) is 3.77. The van der Waals surface area contributed by atoms with Gasteiger partial charge in [0.1, 0.15) is 0 Å². The molecule has 0 fully saturated rings. The molecule has 0 bridgehead atoms. The molecule has 1 aromatic heterocycles. The molecule has 2 N–H and O–H groups in total. The molecule has 1 aromatic carbocycles. The number of fused-ring (bicyclic) bond motifs is 1. The zero-order valence-corrected chi connectivity index (χ0v) is 10.8. The van der Waals surface area contributed by atoms with Gasteiger partial charge in [0, 0.05) is 12.0 Å². The minimum absolute atomic E-state index is 0.0386. The molecule has 0 aliphatic rings. The number of nitrogens with two attached hydrogens (primary N) is 1. The SMILES string of the molecule is CC(N)C(C)c1nc2cc(C(F)(F)F)ccc2s1. The van der Waals surface area contributed by atoms with E-state index in [1.165, 1.54) is 17.4 Å². The Hall–Kier alpha value is -1.14. The van der Waals surface area contributed by atoms with Crippen molar-refractivity contribution in [3.8, 4) is 0 Å². The number of nitrogens with zero attached hydrogens (tertiary/aromatic N) is 1. The van der Waals surface area contributed by atoms with Gasteiger partial charge in [-0.05, 0) is 25.1 Å². The minimum Gasteiger partial charge on any atom is -0.327 e. The highest BCUT2D eigenvalue weighted by molar-refractivity contribution is 7.18. The summed E-state index contributed by atoms with van der Waals surface area (Å²) in [6, 6.07) is 3.56. The van der Waals surface area contributed by atoms with E-state index in [9.17, 15) is 13.2 Å². The monoisotopic (exact) mass is 274 g/mol. The van der Waals surface area contributed by atoms with Crippen LogP contribution in [0.25, 0.3) is 10.2 Å². The zero-order chi connectivity index (χ0) is 13.5. The summed E-state index contributed by atoms with van der Waals surface area (Å²) < 4.78 is 38.5. The van der Waals surface area contributed by atoms with Gasteiger partial charge >= 0.3 is 6.18 Å². The summed E-state index contributed by atoms with van der Waals surface area (Å²) in [5, 5.41) is 0.777. The molecule has 6 heteroatoms. The lowest BCUT2D eigenvalue weighted by Gasteiger charge is -2.11. The second kappa shape index (κ2) is 4.51. The Balaban J connectivity index is 2.46. The number of thiazole rings is 1. The molecule has 0 radical (unpaired) electrons. The van der Waals surface area contributed by atoms with Gasteiger partial charge in [0.15, 0.2) is 0 Å². The van der Waals surface area contributed by atoms with Gasteiger partial charge < -0.3 is 5.73 Å². The second-order valence-corrected chi connectivity index (χ2v) is 5.44. The van der Waals surface area contributed by atoms with Crippen molar-refractivity contribution in [1.29, 1.82) is 0 Å². The third-order valence-electron chi connectivity index (χ3n) is 2.91. The van der Waals surface area contributed by atoms with Crippen LogP contribution in [0.1, 0.15) is 30.3 Å². The van der Waals surface area contributed by atoms with Gasteiger partial charge in [0.05, 0.1) is 20.8 Å². The summed E-state index contributed by atoms with van der Waals surface area (Å²) in [5.41, 5.74) is 5.50. The van der Waals surface area contributed by atoms with Gasteiger partial charge in [0.25, 0.3) is 0 Å². The quantitative estimate of drug-likeness (QED) is 0.905. The van der Waals surface area contributed by atoms with E-state index in [0.717, 1.165) is 21.8 Å². The van der Waals surface area contributed by atoms with Gasteiger partial charge in [-0.1, -0.05) is 6.92 Å². The van der Waals surface area contributed by atoms with Crippen LogP contribution in [0.4, 0.5) is 13.2 Å². The van der Waals surface area contributed by atoms with E-state index in [1.807, 2.05) is 13.8 Å². The Morgan fingerprint density at radius 2 is 1.94 bits per heavy atom. The maximum atomic E-state index is 12.6. The Morgan fingerprint density at radius 1 is 1.28 bits per heavy atom. The molecule has 0 aliphatic carbocycles. The molecule has 0 amide bonds. The zero-order valence-electron chi connectivity index (χ0n) is 9.95. The fourth-order valence-electron chi connectivity index (χ4n) is 1.54. The number of hydrogen-bond donors (Lipinski definition) is 1. The lowest BCUT2D eigenvalue weighted by Crippen LogP contribution is -2.22. The van der Waals surface area contributed by atoms with Crippen molar-refractivity contribution in [2.24, 2.45) is 5.73 Å². The van der Waals surface area contributed by atoms with E-state index >= 15 is 0 Å². The van der Waals surface area contributed by atoms with Gasteiger partial charge in [0.2, 0.25) is 0 Å². The van der Waals surface area contributed by atoms with E-state index in [4.69, 9.17) is 5.73 Å². The van der Waals surface area contributed by atoms with Crippen LogP contribution in [0.15, 0.2) is 18.2 Å². The molecule has 98 valence electrons. The van der Waals surface area contributed by atoms with Crippen LogP contribution < -0.4 is 5.73 Å². The maximum absolute atomic E-state index is 12.6. The highest BCUT2D eigenvalue weighted by atomic mass is 32.1. The number of aromatic nitrogens is 1. The van der Waals surface area contributed by atoms with Crippen LogP contribution in [-0.4, -0.2) is 11.0 Å². The third kappa shape index (κ3) is 2.49. The molecular weight excluding hydrogens is 261 g/mol. The molecule has 1 heterocycles. The summed E-state index contributed by atoms with van der Waals surface area (Å²) >= 11 is 1.39. The molecule has 0 spiro atoms. The molecule has 2 aromatic rings. The summed E-state index contributed by atoms with van der Waals surface area (Å²) in [6.07, 6.45) is -4.33. The van der Waals surface area contributed by atoms with E-state index in [0.29, 0.717) is 5.52 Å². The number of rotatable bonds is 2. The first kappa shape index (κ1) is 13.3. The van der Waals surface area contributed by atoms with Crippen LogP contribution in [0, 0.1) is 0 Å². The third-order valence-corrected chi connectivity index (χ3v) is 4.15. The highest BCUT2D eigenvalue weighted by Crippen LogP contribution is 2.34. The molecule has 18 heavy (non-hydrogen) atoms. The second-order valence-electron chi connectivity index (χ2n) is 4.38. The topological polar surface area (TPSA) is 38.9 Å². The van der Waals surface area contributed by atoms with Crippen molar-refractivity contribution in [2.75, 3.05) is 0 Å². The highest BCUT2D eigenvalue weighted by Gasteiger charge is 2.31. The number of benzene rings is 1. The molecule has 2 unspecified atom stereocenters. The van der Waals surface area contributed by atoms with Crippen molar-refractivity contribution in [3.63, 3.8) is 0 Å². The Kier molecular flexibility index (Phi) is 3.33. The average Bonchev–Trinajstić information content (AvgIpc) is 2.68. The smallest absolute Gasteiger partial charge is 0.327 e. The lowest BCUT2D eigenvalue weighted by molar-refractivity contribution is -0.137. The van der Waals surface area contributed by atoms with E-state index < -0.39 is 11.7 Å². The maximum Gasteiger partial charge on any atom is 0.416 e. The first-order valence-electron chi connectivity index (χ1n) is 5.52. The fraction of sp³-hybridized carbons (Fsp3) is 0.417. The fourth-order valence-corrected chi connectivity index (χ4v) is 2.66. The van der Waals surface area contributed by atoms with Crippen LogP contribution in [0.5, 0.6) is 0 Å². The van der Waals surface area contributed by atoms with E-state index in [2.05, 4.69) is 4.98 Å². The number of alkyl halides is 3. The Bertz CT molecular complexity index is 560. The minimum atomic E-state index is -4.33. The molecule has 0 saturated carbocycles. The Morgan fingerprint density at radius 3 is 2.50 bits per heavy atom. The van der Waals surface area contributed by atoms with Crippen molar-refractivity contribution in [1.82, 2.24) is 4.98 Å². The lowest BCUT2D eigenvalue weighted by atomic mass is 10.1. The van der Waals surface area contributed by atoms with Crippen LogP contribution in [-0.2, 0) is 6.18 Å². The van der Waals surface area contributed by atoms with Gasteiger partial charge in [-0.3, -0.25) is 0 Å². The molecule has 2 nitrogen and oxygen atoms in total. The predicted molar refractivity (Wildman–Crippen MR) is 66.7 cm³/mol. The molecule has 0 aliphatic heterocycles. The van der Waals surface area contributed by atoms with Gasteiger partial charge in [-0.15, -0.1) is 11.3 Å².